The number of ether oxygens (including phenoxy) is 2. The van der Waals surface area contributed by atoms with E-state index >= 15 is 4.39 Å². The molecule has 5 heterocycles. The lowest BCUT2D eigenvalue weighted by Crippen LogP contribution is -2.60. The van der Waals surface area contributed by atoms with Crippen molar-refractivity contribution >= 4 is 23.2 Å². The predicted octanol–water partition coefficient (Wildman–Crippen LogP) is 2.45. The zero-order valence-corrected chi connectivity index (χ0v) is 26.8. The number of nitrogens with one attached hydrogen (secondary N) is 2. The van der Waals surface area contributed by atoms with Gasteiger partial charge < -0.3 is 30.1 Å². The molecule has 2 aromatic carbocycles. The normalized spacial score (nSPS) is 26.0. The largest absolute Gasteiger partial charge is 0.486 e. The first-order chi connectivity index (χ1) is 23.3. The quantitative estimate of drug-likeness (QED) is 0.310. The van der Waals surface area contributed by atoms with Crippen LogP contribution < -0.4 is 20.3 Å². The van der Waals surface area contributed by atoms with Crippen LogP contribution >= 0.6 is 0 Å². The van der Waals surface area contributed by atoms with Crippen molar-refractivity contribution in [3.63, 3.8) is 0 Å². The van der Waals surface area contributed by atoms with Crippen molar-refractivity contribution in [3.05, 3.63) is 54.4 Å². The Morgan fingerprint density at radius 2 is 1.96 bits per heavy atom. The fourth-order valence-corrected chi connectivity index (χ4v) is 6.96. The number of piperazine rings is 1. The number of likely N-dealkylation sites (tertiary alicyclic amines) is 1. The number of hydrogen-bond acceptors (Lipinski definition) is 12. The van der Waals surface area contributed by atoms with Crippen LogP contribution in [0.25, 0.3) is 11.4 Å². The standard InChI is InChI=1S/C34H40FN9O4/c1-21-16-42(12-13-44(21)26-18-47-19-26)25-5-3-24(4-6-25)39-34-38-20-37-32(41-34)22-2-8-29(23(14-22)15-36)48-30-10-11-43(17-27(30)35)33(46)28-7-9-31(45)40-28/h2-6,8,14,20-21,26-28,30,33,46H,7,9-13,16-19H2,1H3,(H,40,45)(H,37,38,39,41)/t21-,27-,28?,30?,33+/m1/s1. The number of aromatic nitrogens is 3. The molecule has 5 atom stereocenters. The molecule has 1 amide bonds. The number of carbonyl (C=O) groups is 1. The van der Waals surface area contributed by atoms with Gasteiger partial charge in [-0.1, -0.05) is 0 Å². The highest BCUT2D eigenvalue weighted by Crippen LogP contribution is 2.30. The summed E-state index contributed by atoms with van der Waals surface area (Å²) in [6.45, 7) is 7.27. The van der Waals surface area contributed by atoms with Gasteiger partial charge in [-0.25, -0.2) is 14.4 Å². The maximum atomic E-state index is 15.2. The summed E-state index contributed by atoms with van der Waals surface area (Å²) >= 11 is 0. The lowest BCUT2D eigenvalue weighted by Gasteiger charge is -2.47. The summed E-state index contributed by atoms with van der Waals surface area (Å²) in [5.41, 5.74) is 2.83. The Labute approximate surface area is 278 Å². The summed E-state index contributed by atoms with van der Waals surface area (Å²) in [5, 5.41) is 26.5. The van der Waals surface area contributed by atoms with Crippen molar-refractivity contribution in [1.29, 1.82) is 5.26 Å². The Hall–Kier alpha value is -4.42. The van der Waals surface area contributed by atoms with E-state index in [1.807, 2.05) is 12.1 Å². The molecule has 252 valence electrons. The van der Waals surface area contributed by atoms with E-state index in [1.165, 1.54) is 12.0 Å². The van der Waals surface area contributed by atoms with Gasteiger partial charge in [-0.05, 0) is 55.8 Å². The second-order valence-electron chi connectivity index (χ2n) is 12.9. The number of nitriles is 1. The van der Waals surface area contributed by atoms with E-state index in [9.17, 15) is 15.2 Å². The van der Waals surface area contributed by atoms with Gasteiger partial charge in [0.1, 0.15) is 36.6 Å². The van der Waals surface area contributed by atoms with Crippen molar-refractivity contribution < 1.29 is 23.8 Å². The molecule has 0 aliphatic carbocycles. The first kappa shape index (κ1) is 32.1. The number of nitrogens with zero attached hydrogens (tertiary/aromatic N) is 7. The molecule has 13 nitrogen and oxygen atoms in total. The van der Waals surface area contributed by atoms with Gasteiger partial charge in [0, 0.05) is 68.5 Å². The number of aliphatic hydroxyl groups excluding tert-OH is 1. The molecular weight excluding hydrogens is 617 g/mol. The number of halogens is 1. The number of alkyl halides is 1. The Bertz CT molecular complexity index is 1650. The van der Waals surface area contributed by atoms with Crippen molar-refractivity contribution in [1.82, 2.24) is 30.1 Å². The zero-order valence-electron chi connectivity index (χ0n) is 26.8. The molecule has 2 unspecified atom stereocenters. The van der Waals surface area contributed by atoms with Crippen LogP contribution in [-0.2, 0) is 9.53 Å². The van der Waals surface area contributed by atoms with Crippen LogP contribution in [0.4, 0.5) is 21.7 Å². The van der Waals surface area contributed by atoms with Crippen LogP contribution in [0.3, 0.4) is 0 Å². The Morgan fingerprint density at radius 3 is 2.65 bits per heavy atom. The highest BCUT2D eigenvalue weighted by Gasteiger charge is 2.38. The highest BCUT2D eigenvalue weighted by atomic mass is 19.1. The summed E-state index contributed by atoms with van der Waals surface area (Å²) in [7, 11) is 0. The summed E-state index contributed by atoms with van der Waals surface area (Å²) in [5.74, 6) is 0.904. The molecule has 4 aliphatic rings. The molecule has 0 radical (unpaired) electrons. The van der Waals surface area contributed by atoms with Crippen molar-refractivity contribution in [3.8, 4) is 23.2 Å². The molecule has 0 spiro atoms. The molecule has 14 heteroatoms. The van der Waals surface area contributed by atoms with Crippen molar-refractivity contribution in [2.24, 2.45) is 0 Å². The topological polar surface area (TPSA) is 152 Å². The molecule has 0 saturated carbocycles. The number of hydrogen-bond donors (Lipinski definition) is 3. The molecule has 3 N–H and O–H groups in total. The summed E-state index contributed by atoms with van der Waals surface area (Å²) in [6.07, 6.45) is -0.502. The SMILES string of the molecule is C[C@@H]1CN(c2ccc(Nc3ncnc(-c4ccc(OC5CCN([C@@H](O)C6CCC(=O)N6)C[C@H]5F)c(C#N)c4)n3)cc2)CCN1C1COC1. The minimum absolute atomic E-state index is 0.0334. The molecule has 48 heavy (non-hydrogen) atoms. The lowest BCUT2D eigenvalue weighted by atomic mass is 10.0. The number of anilines is 3. The van der Waals surface area contributed by atoms with Crippen LogP contribution in [0, 0.1) is 11.3 Å². The fourth-order valence-electron chi connectivity index (χ4n) is 6.96. The maximum Gasteiger partial charge on any atom is 0.230 e. The van der Waals surface area contributed by atoms with E-state index in [2.05, 4.69) is 60.5 Å². The van der Waals surface area contributed by atoms with Gasteiger partial charge in [-0.2, -0.15) is 10.2 Å². The van der Waals surface area contributed by atoms with E-state index in [1.54, 1.807) is 23.1 Å². The van der Waals surface area contributed by atoms with Gasteiger partial charge in [0.05, 0.1) is 30.9 Å². The van der Waals surface area contributed by atoms with Gasteiger partial charge in [0.25, 0.3) is 0 Å². The maximum absolute atomic E-state index is 15.2. The average Bonchev–Trinajstić information content (AvgIpc) is 3.52. The monoisotopic (exact) mass is 657 g/mol. The minimum Gasteiger partial charge on any atom is -0.486 e. The number of carbonyl (C=O) groups excluding carboxylic acids is 1. The number of aliphatic hydroxyl groups is 1. The van der Waals surface area contributed by atoms with E-state index in [0.717, 1.165) is 38.5 Å². The van der Waals surface area contributed by atoms with Crippen LogP contribution in [0.1, 0.15) is 31.7 Å². The number of benzene rings is 2. The number of rotatable bonds is 9. The lowest BCUT2D eigenvalue weighted by molar-refractivity contribution is -0.121. The molecule has 7 rings (SSSR count). The average molecular weight is 658 g/mol. The van der Waals surface area contributed by atoms with Crippen LogP contribution in [0.2, 0.25) is 0 Å². The van der Waals surface area contributed by atoms with Gasteiger partial charge in [-0.15, -0.1) is 0 Å². The van der Waals surface area contributed by atoms with Crippen LogP contribution in [0.15, 0.2) is 48.8 Å². The summed E-state index contributed by atoms with van der Waals surface area (Å²) < 4.78 is 26.6. The van der Waals surface area contributed by atoms with E-state index in [-0.39, 0.29) is 23.8 Å². The zero-order chi connectivity index (χ0) is 33.2. The third-order valence-corrected chi connectivity index (χ3v) is 9.74. The van der Waals surface area contributed by atoms with Crippen molar-refractivity contribution in [2.75, 3.05) is 56.2 Å². The number of piperidine rings is 1. The molecule has 3 aromatic rings. The second-order valence-corrected chi connectivity index (χ2v) is 12.9. The Kier molecular flexibility index (Phi) is 9.36. The Morgan fingerprint density at radius 1 is 1.12 bits per heavy atom. The van der Waals surface area contributed by atoms with Gasteiger partial charge >= 0.3 is 0 Å². The first-order valence-electron chi connectivity index (χ1n) is 16.6. The third-order valence-electron chi connectivity index (χ3n) is 9.74. The molecule has 1 aromatic heterocycles. The van der Waals surface area contributed by atoms with E-state index in [0.29, 0.717) is 55.2 Å². The van der Waals surface area contributed by atoms with Crippen LogP contribution in [0.5, 0.6) is 5.75 Å². The van der Waals surface area contributed by atoms with E-state index in [4.69, 9.17) is 9.47 Å². The van der Waals surface area contributed by atoms with Crippen molar-refractivity contribution in [2.45, 2.75) is 62.8 Å². The van der Waals surface area contributed by atoms with E-state index < -0.39 is 24.5 Å². The predicted molar refractivity (Wildman–Crippen MR) is 175 cm³/mol. The molecule has 4 saturated heterocycles. The number of amides is 1. The third kappa shape index (κ3) is 6.91. The molecule has 4 fully saturated rings. The first-order valence-corrected chi connectivity index (χ1v) is 16.6. The summed E-state index contributed by atoms with van der Waals surface area (Å²) in [4.78, 5) is 31.3. The Balaban J connectivity index is 0.959. The molecule has 0 bridgehead atoms. The second kappa shape index (κ2) is 14.0. The fraction of sp³-hybridized carbons (Fsp3) is 0.500. The summed E-state index contributed by atoms with van der Waals surface area (Å²) in [6, 6.07) is 15.9. The molecular formula is C34H40FN9O4. The molecule has 4 aliphatic heterocycles. The van der Waals surface area contributed by atoms with Gasteiger partial charge in [0.2, 0.25) is 11.9 Å². The highest BCUT2D eigenvalue weighted by molar-refractivity contribution is 5.78. The van der Waals surface area contributed by atoms with Crippen LogP contribution in [-0.4, -0.2) is 118 Å². The minimum atomic E-state index is -1.38. The van der Waals surface area contributed by atoms with Gasteiger partial charge in [-0.3, -0.25) is 14.6 Å². The van der Waals surface area contributed by atoms with Gasteiger partial charge in [0.15, 0.2) is 5.82 Å². The smallest absolute Gasteiger partial charge is 0.230 e.